The molecule has 0 fully saturated rings. The lowest BCUT2D eigenvalue weighted by atomic mass is 10.1. The van der Waals surface area contributed by atoms with Crippen LogP contribution in [0.5, 0.6) is 5.75 Å². The number of benzene rings is 2. The Morgan fingerprint density at radius 1 is 0.909 bits per heavy atom. The number of anilines is 1. The predicted octanol–water partition coefficient (Wildman–Crippen LogP) is 4.54. The molecule has 0 bridgehead atoms. The van der Waals surface area contributed by atoms with Crippen molar-refractivity contribution in [2.75, 3.05) is 32.2 Å². The molecule has 7 nitrogen and oxygen atoms in total. The Morgan fingerprint density at radius 3 is 2.36 bits per heavy atom. The van der Waals surface area contributed by atoms with Gasteiger partial charge in [-0.15, -0.1) is 0 Å². The number of hydrogen-bond donors (Lipinski definition) is 3. The van der Waals surface area contributed by atoms with Crippen molar-refractivity contribution in [2.45, 2.75) is 39.0 Å². The van der Waals surface area contributed by atoms with E-state index in [4.69, 9.17) is 21.7 Å². The minimum absolute atomic E-state index is 0.101. The molecule has 0 aromatic heterocycles. The Labute approximate surface area is 201 Å². The van der Waals surface area contributed by atoms with Crippen LogP contribution in [0.1, 0.15) is 59.7 Å². The number of methoxy groups -OCH3 is 1. The van der Waals surface area contributed by atoms with Crippen LogP contribution in [0.25, 0.3) is 0 Å². The lowest BCUT2D eigenvalue weighted by molar-refractivity contribution is 0.0936. The lowest BCUT2D eigenvalue weighted by Crippen LogP contribution is -2.35. The number of amides is 2. The summed E-state index contributed by atoms with van der Waals surface area (Å²) in [5.74, 6) is 0.127. The molecule has 2 rings (SSSR count). The van der Waals surface area contributed by atoms with Gasteiger partial charge in [0.1, 0.15) is 5.75 Å². The third-order valence-corrected chi connectivity index (χ3v) is 5.08. The van der Waals surface area contributed by atoms with Crippen LogP contribution < -0.4 is 20.7 Å². The fourth-order valence-electron chi connectivity index (χ4n) is 3.08. The Hall–Kier alpha value is -2.97. The number of carbonyl (C=O) groups excluding carboxylic acids is 2. The standard InChI is InChI=1S/C25H33N3O4S/c1-3-4-5-6-9-17-32-20-14-12-19(13-15-20)23(29)28-25(33)27-22-11-8-7-10-21(22)24(30)26-16-18-31-2/h7-8,10-15H,3-6,9,16-18H2,1-2H3,(H,26,30)(H2,27,28,29,33). The van der Waals surface area contributed by atoms with E-state index < -0.39 is 0 Å². The molecule has 8 heteroatoms. The molecular weight excluding hydrogens is 438 g/mol. The number of nitrogens with one attached hydrogen (secondary N) is 3. The van der Waals surface area contributed by atoms with E-state index in [9.17, 15) is 9.59 Å². The summed E-state index contributed by atoms with van der Waals surface area (Å²) in [6.07, 6.45) is 5.90. The predicted molar refractivity (Wildman–Crippen MR) is 135 cm³/mol. The molecule has 3 N–H and O–H groups in total. The minimum atomic E-state index is -0.347. The fraction of sp³-hybridized carbons (Fsp3) is 0.400. The van der Waals surface area contributed by atoms with Crippen LogP contribution in [-0.4, -0.2) is 43.8 Å². The zero-order valence-electron chi connectivity index (χ0n) is 19.3. The van der Waals surface area contributed by atoms with E-state index in [1.54, 1.807) is 55.6 Å². The van der Waals surface area contributed by atoms with Crippen molar-refractivity contribution >= 4 is 34.8 Å². The van der Waals surface area contributed by atoms with Crippen LogP contribution in [-0.2, 0) is 4.74 Å². The van der Waals surface area contributed by atoms with Crippen molar-refractivity contribution in [3.63, 3.8) is 0 Å². The third-order valence-electron chi connectivity index (χ3n) is 4.87. The van der Waals surface area contributed by atoms with Gasteiger partial charge in [-0.3, -0.25) is 14.9 Å². The summed E-state index contributed by atoms with van der Waals surface area (Å²) in [4.78, 5) is 24.9. The molecule has 0 aliphatic rings. The van der Waals surface area contributed by atoms with Crippen LogP contribution in [0, 0.1) is 0 Å². The molecule has 2 aromatic carbocycles. The molecule has 0 aliphatic carbocycles. The zero-order chi connectivity index (χ0) is 23.9. The second-order valence-corrected chi connectivity index (χ2v) is 7.90. The van der Waals surface area contributed by atoms with E-state index in [1.165, 1.54) is 19.3 Å². The smallest absolute Gasteiger partial charge is 0.257 e. The number of rotatable bonds is 13. The highest BCUT2D eigenvalue weighted by molar-refractivity contribution is 7.80. The van der Waals surface area contributed by atoms with E-state index in [0.717, 1.165) is 18.6 Å². The van der Waals surface area contributed by atoms with Crippen LogP contribution in [0.2, 0.25) is 0 Å². The van der Waals surface area contributed by atoms with Gasteiger partial charge in [0.15, 0.2) is 5.11 Å². The first-order valence-corrected chi connectivity index (χ1v) is 11.7. The van der Waals surface area contributed by atoms with E-state index in [-0.39, 0.29) is 16.9 Å². The highest BCUT2D eigenvalue weighted by Crippen LogP contribution is 2.16. The number of ether oxygens (including phenoxy) is 2. The maximum absolute atomic E-state index is 12.5. The molecule has 0 unspecified atom stereocenters. The van der Waals surface area contributed by atoms with Crippen molar-refractivity contribution in [3.8, 4) is 5.75 Å². The summed E-state index contributed by atoms with van der Waals surface area (Å²) in [6.45, 7) is 3.67. The first-order valence-electron chi connectivity index (χ1n) is 11.3. The quantitative estimate of drug-likeness (QED) is 0.294. The van der Waals surface area contributed by atoms with Crippen molar-refractivity contribution in [1.29, 1.82) is 0 Å². The molecule has 2 aromatic rings. The maximum atomic E-state index is 12.5. The molecule has 0 saturated carbocycles. The van der Waals surface area contributed by atoms with Gasteiger partial charge in [0.2, 0.25) is 0 Å². The molecule has 0 saturated heterocycles. The van der Waals surface area contributed by atoms with Crippen LogP contribution in [0.4, 0.5) is 5.69 Å². The summed E-state index contributed by atoms with van der Waals surface area (Å²) < 4.78 is 10.7. The Balaban J connectivity index is 1.85. The number of thiocarbonyl (C=S) groups is 1. The molecule has 0 aliphatic heterocycles. The monoisotopic (exact) mass is 471 g/mol. The molecule has 0 atom stereocenters. The largest absolute Gasteiger partial charge is 0.494 e. The van der Waals surface area contributed by atoms with Gasteiger partial charge in [0.25, 0.3) is 11.8 Å². The summed E-state index contributed by atoms with van der Waals surface area (Å²) >= 11 is 5.27. The summed E-state index contributed by atoms with van der Waals surface area (Å²) in [5, 5.41) is 8.44. The normalized spacial score (nSPS) is 10.4. The van der Waals surface area contributed by atoms with Gasteiger partial charge in [-0.25, -0.2) is 0 Å². The first kappa shape index (κ1) is 26.3. The topological polar surface area (TPSA) is 88.7 Å². The molecule has 2 amide bonds. The van der Waals surface area contributed by atoms with Crippen molar-refractivity contribution in [1.82, 2.24) is 10.6 Å². The van der Waals surface area contributed by atoms with Gasteiger partial charge in [0.05, 0.1) is 24.5 Å². The maximum Gasteiger partial charge on any atom is 0.257 e. The first-order chi connectivity index (χ1) is 16.0. The second kappa shape index (κ2) is 15.0. The molecule has 0 spiro atoms. The van der Waals surface area contributed by atoms with E-state index >= 15 is 0 Å². The Kier molecular flexibility index (Phi) is 11.9. The number of unbranched alkanes of at least 4 members (excludes halogenated alkanes) is 4. The molecule has 0 heterocycles. The van der Waals surface area contributed by atoms with Crippen LogP contribution in [0.3, 0.4) is 0 Å². The van der Waals surface area contributed by atoms with Crippen LogP contribution >= 0.6 is 12.2 Å². The van der Waals surface area contributed by atoms with E-state index in [0.29, 0.717) is 36.6 Å². The van der Waals surface area contributed by atoms with Crippen molar-refractivity contribution < 1.29 is 19.1 Å². The number of hydrogen-bond acceptors (Lipinski definition) is 5. The number of carbonyl (C=O) groups is 2. The van der Waals surface area contributed by atoms with Gasteiger partial charge in [-0.1, -0.05) is 44.7 Å². The van der Waals surface area contributed by atoms with Gasteiger partial charge in [-0.05, 0) is 55.0 Å². The van der Waals surface area contributed by atoms with Gasteiger partial charge in [-0.2, -0.15) is 0 Å². The SMILES string of the molecule is CCCCCCCOc1ccc(C(=O)NC(=S)Nc2ccccc2C(=O)NCCOC)cc1. The molecule has 178 valence electrons. The van der Waals surface area contributed by atoms with E-state index in [2.05, 4.69) is 22.9 Å². The third kappa shape index (κ3) is 9.59. The van der Waals surface area contributed by atoms with Crippen LogP contribution in [0.15, 0.2) is 48.5 Å². The molecular formula is C25H33N3O4S. The van der Waals surface area contributed by atoms with Gasteiger partial charge in [0, 0.05) is 19.2 Å². The number of para-hydroxylation sites is 1. The summed E-state index contributed by atoms with van der Waals surface area (Å²) in [7, 11) is 1.57. The Bertz CT molecular complexity index is 903. The second-order valence-electron chi connectivity index (χ2n) is 7.49. The summed E-state index contributed by atoms with van der Waals surface area (Å²) in [6, 6.07) is 13.9. The average Bonchev–Trinajstić information content (AvgIpc) is 2.82. The van der Waals surface area contributed by atoms with Crippen molar-refractivity contribution in [3.05, 3.63) is 59.7 Å². The average molecular weight is 472 g/mol. The molecule has 33 heavy (non-hydrogen) atoms. The fourth-order valence-corrected chi connectivity index (χ4v) is 3.28. The highest BCUT2D eigenvalue weighted by Gasteiger charge is 2.13. The zero-order valence-corrected chi connectivity index (χ0v) is 20.1. The highest BCUT2D eigenvalue weighted by atomic mass is 32.1. The Morgan fingerprint density at radius 2 is 1.64 bits per heavy atom. The summed E-state index contributed by atoms with van der Waals surface area (Å²) in [5.41, 5.74) is 1.38. The van der Waals surface area contributed by atoms with Gasteiger partial charge < -0.3 is 20.1 Å². The minimum Gasteiger partial charge on any atom is -0.494 e. The molecule has 0 radical (unpaired) electrons. The van der Waals surface area contributed by atoms with Gasteiger partial charge >= 0.3 is 0 Å². The van der Waals surface area contributed by atoms with Crippen molar-refractivity contribution in [2.24, 2.45) is 0 Å². The lowest BCUT2D eigenvalue weighted by Gasteiger charge is -2.14. The van der Waals surface area contributed by atoms with E-state index in [1.807, 2.05) is 0 Å².